The van der Waals surface area contributed by atoms with Crippen molar-refractivity contribution in [2.45, 2.75) is 25.2 Å². The summed E-state index contributed by atoms with van der Waals surface area (Å²) in [6, 6.07) is 0.505. The van der Waals surface area contributed by atoms with Crippen molar-refractivity contribution >= 4 is 5.69 Å². The summed E-state index contributed by atoms with van der Waals surface area (Å²) in [5.41, 5.74) is -3.48. The lowest BCUT2D eigenvalue weighted by Crippen LogP contribution is -2.20. The van der Waals surface area contributed by atoms with Crippen LogP contribution in [-0.2, 0) is 12.4 Å². The highest BCUT2D eigenvalue weighted by atomic mass is 19.4. The van der Waals surface area contributed by atoms with Crippen LogP contribution in [0, 0.1) is 0 Å². The molecule has 0 spiro atoms. The fourth-order valence-corrected chi connectivity index (χ4v) is 2.20. The van der Waals surface area contributed by atoms with E-state index in [9.17, 15) is 31.4 Å². The van der Waals surface area contributed by atoms with Crippen LogP contribution in [0.4, 0.5) is 32.0 Å². The number of hydrogen-bond acceptors (Lipinski definition) is 2. The van der Waals surface area contributed by atoms with E-state index in [1.54, 1.807) is 0 Å². The van der Waals surface area contributed by atoms with Crippen LogP contribution in [0.2, 0.25) is 0 Å². The Labute approximate surface area is 110 Å². The first-order valence-corrected chi connectivity index (χ1v) is 5.87. The second-order valence-electron chi connectivity index (χ2n) is 4.58. The van der Waals surface area contributed by atoms with Gasteiger partial charge in [0.15, 0.2) is 5.75 Å². The van der Waals surface area contributed by atoms with Gasteiger partial charge in [-0.25, -0.2) is 0 Å². The lowest BCUT2D eigenvalue weighted by molar-refractivity contribution is -0.143. The molecular formula is C12H11F6NO. The van der Waals surface area contributed by atoms with Crippen LogP contribution < -0.4 is 4.90 Å². The monoisotopic (exact) mass is 299 g/mol. The first-order valence-electron chi connectivity index (χ1n) is 5.87. The number of anilines is 1. The molecule has 1 aliphatic rings. The molecule has 1 aromatic rings. The standard InChI is InChI=1S/C12H11F6NO/c13-11(14,15)7-5-8(12(16,17)18)10(20)9(6-7)19-3-1-2-4-19/h5-6,20H,1-4H2. The molecule has 1 saturated heterocycles. The van der Waals surface area contributed by atoms with E-state index in [4.69, 9.17) is 0 Å². The summed E-state index contributed by atoms with van der Waals surface area (Å²) >= 11 is 0. The SMILES string of the molecule is Oc1c(N2CCCC2)cc(C(F)(F)F)cc1C(F)(F)F. The number of halogens is 6. The van der Waals surface area contributed by atoms with E-state index >= 15 is 0 Å². The van der Waals surface area contributed by atoms with Gasteiger partial charge < -0.3 is 10.0 Å². The van der Waals surface area contributed by atoms with E-state index in [2.05, 4.69) is 0 Å². The zero-order valence-electron chi connectivity index (χ0n) is 10.1. The number of phenolic OH excluding ortho intramolecular Hbond substituents is 1. The number of rotatable bonds is 1. The van der Waals surface area contributed by atoms with Gasteiger partial charge in [0.05, 0.1) is 16.8 Å². The predicted octanol–water partition coefficient (Wildman–Crippen LogP) is 4.03. The molecule has 1 fully saturated rings. The van der Waals surface area contributed by atoms with E-state index in [1.165, 1.54) is 4.90 Å². The lowest BCUT2D eigenvalue weighted by Gasteiger charge is -2.23. The van der Waals surface area contributed by atoms with E-state index < -0.39 is 34.9 Å². The Morgan fingerprint density at radius 3 is 1.90 bits per heavy atom. The summed E-state index contributed by atoms with van der Waals surface area (Å²) in [6.07, 6.45) is -8.62. The summed E-state index contributed by atoms with van der Waals surface area (Å²) in [7, 11) is 0. The van der Waals surface area contributed by atoms with Crippen LogP contribution in [0.25, 0.3) is 0 Å². The van der Waals surface area contributed by atoms with Gasteiger partial charge in [0, 0.05) is 13.1 Å². The summed E-state index contributed by atoms with van der Waals surface area (Å²) in [6.45, 7) is 0.651. The van der Waals surface area contributed by atoms with E-state index in [-0.39, 0.29) is 6.07 Å². The lowest BCUT2D eigenvalue weighted by atomic mass is 10.1. The molecule has 0 bridgehead atoms. The molecule has 0 unspecified atom stereocenters. The van der Waals surface area contributed by atoms with Crippen molar-refractivity contribution in [1.29, 1.82) is 0 Å². The van der Waals surface area contributed by atoms with Crippen molar-refractivity contribution in [3.63, 3.8) is 0 Å². The van der Waals surface area contributed by atoms with Crippen LogP contribution in [0.5, 0.6) is 5.75 Å². The molecule has 20 heavy (non-hydrogen) atoms. The molecular weight excluding hydrogens is 288 g/mol. The molecule has 1 N–H and O–H groups in total. The molecule has 1 aliphatic heterocycles. The molecule has 0 radical (unpaired) electrons. The van der Waals surface area contributed by atoms with Gasteiger partial charge in [0.25, 0.3) is 0 Å². The average molecular weight is 299 g/mol. The number of hydrogen-bond donors (Lipinski definition) is 1. The van der Waals surface area contributed by atoms with Gasteiger partial charge in [-0.1, -0.05) is 0 Å². The van der Waals surface area contributed by atoms with Crippen molar-refractivity contribution in [2.75, 3.05) is 18.0 Å². The molecule has 0 aromatic heterocycles. The normalized spacial score (nSPS) is 16.8. The van der Waals surface area contributed by atoms with Crippen molar-refractivity contribution < 1.29 is 31.4 Å². The first kappa shape index (κ1) is 14.8. The van der Waals surface area contributed by atoms with Gasteiger partial charge in [-0.05, 0) is 25.0 Å². The third-order valence-corrected chi connectivity index (χ3v) is 3.17. The first-order chi connectivity index (χ1) is 9.10. The third-order valence-electron chi connectivity index (χ3n) is 3.17. The largest absolute Gasteiger partial charge is 0.505 e. The van der Waals surface area contributed by atoms with Gasteiger partial charge in [0.1, 0.15) is 0 Å². The average Bonchev–Trinajstić information content (AvgIpc) is 2.79. The third kappa shape index (κ3) is 2.78. The Bertz CT molecular complexity index is 502. The summed E-state index contributed by atoms with van der Waals surface area (Å²) in [4.78, 5) is 1.33. The van der Waals surface area contributed by atoms with E-state index in [1.807, 2.05) is 0 Å². The Hall–Kier alpha value is -1.60. The molecule has 8 heteroatoms. The highest BCUT2D eigenvalue weighted by molar-refractivity contribution is 5.64. The second kappa shape index (κ2) is 4.75. The molecule has 0 atom stereocenters. The minimum Gasteiger partial charge on any atom is -0.505 e. The van der Waals surface area contributed by atoms with Gasteiger partial charge in [0.2, 0.25) is 0 Å². The maximum Gasteiger partial charge on any atom is 0.420 e. The van der Waals surface area contributed by atoms with Crippen molar-refractivity contribution in [3.8, 4) is 5.75 Å². The van der Waals surface area contributed by atoms with Crippen molar-refractivity contribution in [1.82, 2.24) is 0 Å². The highest BCUT2D eigenvalue weighted by Gasteiger charge is 2.40. The minimum absolute atomic E-state index is 0.0606. The quantitative estimate of drug-likeness (QED) is 0.791. The van der Waals surface area contributed by atoms with Crippen LogP contribution in [0.3, 0.4) is 0 Å². The van der Waals surface area contributed by atoms with Crippen LogP contribution >= 0.6 is 0 Å². The Balaban J connectivity index is 2.60. The fourth-order valence-electron chi connectivity index (χ4n) is 2.20. The number of nitrogens with zero attached hydrogens (tertiary/aromatic N) is 1. The maximum atomic E-state index is 12.7. The molecule has 2 nitrogen and oxygen atoms in total. The molecule has 0 saturated carbocycles. The van der Waals surface area contributed by atoms with Gasteiger partial charge >= 0.3 is 12.4 Å². The Morgan fingerprint density at radius 1 is 0.900 bits per heavy atom. The molecule has 0 amide bonds. The predicted molar refractivity (Wildman–Crippen MR) is 59.6 cm³/mol. The Morgan fingerprint density at radius 2 is 1.45 bits per heavy atom. The number of benzene rings is 1. The van der Waals surface area contributed by atoms with Crippen molar-refractivity contribution in [3.05, 3.63) is 23.3 Å². The number of alkyl halides is 6. The second-order valence-corrected chi connectivity index (χ2v) is 4.58. The Kier molecular flexibility index (Phi) is 3.51. The number of phenols is 1. The maximum absolute atomic E-state index is 12.7. The summed E-state index contributed by atoms with van der Waals surface area (Å²) in [5.74, 6) is -1.15. The smallest absolute Gasteiger partial charge is 0.420 e. The van der Waals surface area contributed by atoms with Crippen LogP contribution in [-0.4, -0.2) is 18.2 Å². The summed E-state index contributed by atoms with van der Waals surface area (Å²) in [5, 5.41) is 9.65. The topological polar surface area (TPSA) is 23.5 Å². The molecule has 0 aliphatic carbocycles. The minimum atomic E-state index is -5.04. The molecule has 2 rings (SSSR count). The van der Waals surface area contributed by atoms with Gasteiger partial charge in [-0.2, -0.15) is 26.3 Å². The van der Waals surface area contributed by atoms with E-state index in [0.717, 1.165) is 0 Å². The van der Waals surface area contributed by atoms with Gasteiger partial charge in [-0.15, -0.1) is 0 Å². The van der Waals surface area contributed by atoms with Gasteiger partial charge in [-0.3, -0.25) is 0 Å². The van der Waals surface area contributed by atoms with Crippen LogP contribution in [0.15, 0.2) is 12.1 Å². The number of aromatic hydroxyl groups is 1. The zero-order chi connectivity index (χ0) is 15.1. The summed E-state index contributed by atoms with van der Waals surface area (Å²) < 4.78 is 76.3. The molecule has 1 heterocycles. The molecule has 112 valence electrons. The molecule has 1 aromatic carbocycles. The zero-order valence-corrected chi connectivity index (χ0v) is 10.1. The fraction of sp³-hybridized carbons (Fsp3) is 0.500. The van der Waals surface area contributed by atoms with Crippen LogP contribution in [0.1, 0.15) is 24.0 Å². The van der Waals surface area contributed by atoms with E-state index in [0.29, 0.717) is 32.0 Å². The van der Waals surface area contributed by atoms with Crippen molar-refractivity contribution in [2.24, 2.45) is 0 Å². The highest BCUT2D eigenvalue weighted by Crippen LogP contribution is 2.45.